The Balaban J connectivity index is 1.44. The summed E-state index contributed by atoms with van der Waals surface area (Å²) >= 11 is 5.97. The summed E-state index contributed by atoms with van der Waals surface area (Å²) in [6.07, 6.45) is -0.610. The third-order valence-electron chi connectivity index (χ3n) is 5.85. The first-order valence-electron chi connectivity index (χ1n) is 10.7. The molecule has 0 saturated heterocycles. The van der Waals surface area contributed by atoms with Crippen molar-refractivity contribution in [3.05, 3.63) is 94.3 Å². The van der Waals surface area contributed by atoms with E-state index in [0.29, 0.717) is 10.6 Å². The smallest absolute Gasteiger partial charge is 0.407 e. The largest absolute Gasteiger partial charge is 0.481 e. The highest BCUT2D eigenvalue weighted by Gasteiger charge is 2.29. The van der Waals surface area contributed by atoms with E-state index in [-0.39, 0.29) is 31.8 Å². The van der Waals surface area contributed by atoms with E-state index in [0.717, 1.165) is 22.3 Å². The van der Waals surface area contributed by atoms with Crippen molar-refractivity contribution in [2.24, 2.45) is 0 Å². The van der Waals surface area contributed by atoms with Crippen LogP contribution in [0, 0.1) is 5.82 Å². The molecule has 0 heterocycles. The number of ether oxygens (including phenoxy) is 1. The zero-order valence-electron chi connectivity index (χ0n) is 17.8. The summed E-state index contributed by atoms with van der Waals surface area (Å²) in [4.78, 5) is 23.7. The maximum Gasteiger partial charge on any atom is 0.407 e. The standard InChI is InChI=1S/C26H23ClFNO4/c27-17-9-11-24(28)16(13-17)14-18(10-12-25(30)31)29-26(32)33-15-23-21-7-3-1-5-19(21)20-6-2-4-8-22(20)23/h1-9,11,13,18,23H,10,12,14-15H2,(H,29,32)(H,30,31). The van der Waals surface area contributed by atoms with Crippen molar-refractivity contribution in [2.45, 2.75) is 31.2 Å². The van der Waals surface area contributed by atoms with Gasteiger partial charge < -0.3 is 15.2 Å². The first kappa shape index (κ1) is 22.8. The van der Waals surface area contributed by atoms with Gasteiger partial charge in [-0.25, -0.2) is 9.18 Å². The van der Waals surface area contributed by atoms with Crippen LogP contribution in [0.15, 0.2) is 66.7 Å². The van der Waals surface area contributed by atoms with Gasteiger partial charge in [-0.05, 0) is 58.9 Å². The van der Waals surface area contributed by atoms with Gasteiger partial charge in [-0.3, -0.25) is 4.79 Å². The molecule has 4 rings (SSSR count). The highest BCUT2D eigenvalue weighted by molar-refractivity contribution is 6.30. The Bertz CT molecular complexity index is 1140. The first-order chi connectivity index (χ1) is 15.9. The van der Waals surface area contributed by atoms with Crippen molar-refractivity contribution in [2.75, 3.05) is 6.61 Å². The fraction of sp³-hybridized carbons (Fsp3) is 0.231. The van der Waals surface area contributed by atoms with Crippen LogP contribution in [-0.2, 0) is 16.0 Å². The van der Waals surface area contributed by atoms with Gasteiger partial charge in [0.2, 0.25) is 0 Å². The van der Waals surface area contributed by atoms with Crippen LogP contribution in [0.2, 0.25) is 5.02 Å². The molecule has 0 fully saturated rings. The van der Waals surface area contributed by atoms with Gasteiger partial charge in [0.25, 0.3) is 0 Å². The minimum absolute atomic E-state index is 0.0917. The van der Waals surface area contributed by atoms with Crippen molar-refractivity contribution in [3.8, 4) is 11.1 Å². The molecule has 1 atom stereocenters. The number of aliphatic carboxylic acids is 1. The summed E-state index contributed by atoms with van der Waals surface area (Å²) in [5.41, 5.74) is 4.73. The van der Waals surface area contributed by atoms with Crippen LogP contribution in [0.25, 0.3) is 11.1 Å². The average Bonchev–Trinajstić information content (AvgIpc) is 3.12. The van der Waals surface area contributed by atoms with Gasteiger partial charge in [-0.2, -0.15) is 0 Å². The van der Waals surface area contributed by atoms with E-state index in [9.17, 15) is 14.0 Å². The summed E-state index contributed by atoms with van der Waals surface area (Å²) in [7, 11) is 0. The van der Waals surface area contributed by atoms with Crippen LogP contribution in [0.3, 0.4) is 0 Å². The number of carbonyl (C=O) groups excluding carboxylic acids is 1. The molecule has 0 saturated carbocycles. The number of rotatable bonds is 8. The summed E-state index contributed by atoms with van der Waals surface area (Å²) in [6.45, 7) is 0.136. The van der Waals surface area contributed by atoms with Crippen LogP contribution in [0.1, 0.15) is 35.4 Å². The van der Waals surface area contributed by atoms with E-state index in [1.54, 1.807) is 0 Å². The molecule has 7 heteroatoms. The number of nitrogens with one attached hydrogen (secondary N) is 1. The molecule has 3 aromatic rings. The van der Waals surface area contributed by atoms with E-state index in [4.69, 9.17) is 21.4 Å². The van der Waals surface area contributed by atoms with Crippen molar-refractivity contribution in [3.63, 3.8) is 0 Å². The Kier molecular flexibility index (Phi) is 6.94. The Labute approximate surface area is 196 Å². The number of hydrogen-bond acceptors (Lipinski definition) is 3. The molecule has 0 aromatic heterocycles. The monoisotopic (exact) mass is 467 g/mol. The minimum Gasteiger partial charge on any atom is -0.481 e. The topological polar surface area (TPSA) is 75.6 Å². The highest BCUT2D eigenvalue weighted by Crippen LogP contribution is 2.44. The number of alkyl carbamates (subject to hydrolysis) is 1. The number of benzene rings is 3. The van der Waals surface area contributed by atoms with Crippen LogP contribution >= 0.6 is 11.6 Å². The summed E-state index contributed by atoms with van der Waals surface area (Å²) < 4.78 is 19.7. The number of amides is 1. The molecule has 5 nitrogen and oxygen atoms in total. The van der Waals surface area contributed by atoms with E-state index in [1.807, 2.05) is 36.4 Å². The Morgan fingerprint density at radius 3 is 2.30 bits per heavy atom. The number of hydrogen-bond donors (Lipinski definition) is 2. The van der Waals surface area contributed by atoms with Crippen molar-refractivity contribution in [1.82, 2.24) is 5.32 Å². The quantitative estimate of drug-likeness (QED) is 0.439. The number of carboxylic acid groups (broad SMARTS) is 1. The van der Waals surface area contributed by atoms with Gasteiger partial charge in [0.15, 0.2) is 0 Å². The number of carboxylic acids is 1. The van der Waals surface area contributed by atoms with Crippen LogP contribution in [0.5, 0.6) is 0 Å². The molecule has 0 aliphatic heterocycles. The minimum atomic E-state index is -0.999. The molecule has 3 aromatic carbocycles. The summed E-state index contributed by atoms with van der Waals surface area (Å²) in [5.74, 6) is -1.55. The predicted molar refractivity (Wildman–Crippen MR) is 124 cm³/mol. The zero-order valence-corrected chi connectivity index (χ0v) is 18.5. The second-order valence-electron chi connectivity index (χ2n) is 8.04. The lowest BCUT2D eigenvalue weighted by molar-refractivity contribution is -0.137. The molecule has 2 N–H and O–H groups in total. The molecule has 1 unspecified atom stereocenters. The summed E-state index contributed by atoms with van der Waals surface area (Å²) in [6, 6.07) is 19.6. The van der Waals surface area contributed by atoms with Gasteiger partial charge in [0.05, 0.1) is 0 Å². The average molecular weight is 468 g/mol. The Morgan fingerprint density at radius 1 is 1.03 bits per heavy atom. The molecule has 1 aliphatic rings. The third kappa shape index (κ3) is 5.34. The lowest BCUT2D eigenvalue weighted by atomic mass is 9.98. The predicted octanol–water partition coefficient (Wildman–Crippen LogP) is 5.79. The van der Waals surface area contributed by atoms with E-state index < -0.39 is 23.9 Å². The van der Waals surface area contributed by atoms with Gasteiger partial charge in [-0.15, -0.1) is 0 Å². The summed E-state index contributed by atoms with van der Waals surface area (Å²) in [5, 5.41) is 12.1. The van der Waals surface area contributed by atoms with Crippen LogP contribution in [0.4, 0.5) is 9.18 Å². The van der Waals surface area contributed by atoms with Gasteiger partial charge in [0, 0.05) is 23.4 Å². The van der Waals surface area contributed by atoms with Crippen molar-refractivity contribution >= 4 is 23.7 Å². The van der Waals surface area contributed by atoms with Gasteiger partial charge in [-0.1, -0.05) is 60.1 Å². The van der Waals surface area contributed by atoms with Crippen molar-refractivity contribution in [1.29, 1.82) is 0 Å². The molecular formula is C26H23ClFNO4. The second kappa shape index (κ2) is 10.0. The number of carbonyl (C=O) groups is 2. The molecule has 1 amide bonds. The normalized spacial score (nSPS) is 13.2. The van der Waals surface area contributed by atoms with Crippen LogP contribution < -0.4 is 5.32 Å². The van der Waals surface area contributed by atoms with Crippen molar-refractivity contribution < 1.29 is 23.8 Å². The van der Waals surface area contributed by atoms with E-state index in [2.05, 4.69) is 17.4 Å². The zero-order chi connectivity index (χ0) is 23.4. The molecule has 0 spiro atoms. The Morgan fingerprint density at radius 2 is 1.67 bits per heavy atom. The van der Waals surface area contributed by atoms with Gasteiger partial charge >= 0.3 is 12.1 Å². The molecule has 33 heavy (non-hydrogen) atoms. The lowest BCUT2D eigenvalue weighted by Gasteiger charge is -2.20. The van der Waals surface area contributed by atoms with Gasteiger partial charge in [0.1, 0.15) is 12.4 Å². The Hall–Kier alpha value is -3.38. The lowest BCUT2D eigenvalue weighted by Crippen LogP contribution is -2.38. The van der Waals surface area contributed by atoms with Crippen LogP contribution in [-0.4, -0.2) is 29.8 Å². The van der Waals surface area contributed by atoms with E-state index in [1.165, 1.54) is 18.2 Å². The maximum absolute atomic E-state index is 14.2. The SMILES string of the molecule is O=C(O)CCC(Cc1cc(Cl)ccc1F)NC(=O)OCC1c2ccccc2-c2ccccc21. The second-order valence-corrected chi connectivity index (χ2v) is 8.48. The maximum atomic E-state index is 14.2. The first-order valence-corrected chi connectivity index (χ1v) is 11.1. The van der Waals surface area contributed by atoms with E-state index >= 15 is 0 Å². The fourth-order valence-electron chi connectivity index (χ4n) is 4.29. The number of fused-ring (bicyclic) bond motifs is 3. The molecular weight excluding hydrogens is 445 g/mol. The fourth-order valence-corrected chi connectivity index (χ4v) is 4.49. The highest BCUT2D eigenvalue weighted by atomic mass is 35.5. The molecule has 1 aliphatic carbocycles. The molecule has 0 bridgehead atoms. The third-order valence-corrected chi connectivity index (χ3v) is 6.08. The molecule has 0 radical (unpaired) electrons. The molecule has 170 valence electrons. The number of halogens is 2.